The van der Waals surface area contributed by atoms with Gasteiger partial charge in [0.15, 0.2) is 0 Å². The Balaban J connectivity index is 2.27. The number of likely N-dealkylation sites (N-methyl/N-ethyl adjacent to an activating group) is 1. The van der Waals surface area contributed by atoms with E-state index in [9.17, 15) is 9.50 Å². The Morgan fingerprint density at radius 2 is 1.94 bits per heavy atom. The largest absolute Gasteiger partial charge is 0.357 e. The zero-order chi connectivity index (χ0) is 11.8. The Labute approximate surface area is 94.7 Å². The first kappa shape index (κ1) is 11.5. The van der Waals surface area contributed by atoms with Crippen LogP contribution in [0.2, 0.25) is 0 Å². The second-order valence-corrected chi connectivity index (χ2v) is 4.96. The van der Waals surface area contributed by atoms with E-state index in [2.05, 4.69) is 0 Å². The maximum Gasteiger partial charge on any atom is 0.243 e. The van der Waals surface area contributed by atoms with Gasteiger partial charge in [-0.05, 0) is 12.1 Å². The van der Waals surface area contributed by atoms with E-state index in [4.69, 9.17) is 4.74 Å². The molecule has 1 aromatic rings. The predicted molar refractivity (Wildman–Crippen MR) is 58.1 cm³/mol. The molecule has 3 nitrogen and oxygen atoms in total. The monoisotopic (exact) mass is 226 g/mol. The van der Waals surface area contributed by atoms with Crippen LogP contribution in [0.25, 0.3) is 0 Å². The van der Waals surface area contributed by atoms with E-state index >= 15 is 0 Å². The minimum Gasteiger partial charge on any atom is -0.357 e. The zero-order valence-electron chi connectivity index (χ0n) is 9.61. The van der Waals surface area contributed by atoms with Crippen LogP contribution >= 0.6 is 0 Å². The van der Waals surface area contributed by atoms with Gasteiger partial charge in [-0.15, -0.1) is 0 Å². The number of hydrogen-bond donors (Lipinski definition) is 1. The molecule has 88 valence electrons. The van der Waals surface area contributed by atoms with Crippen LogP contribution in [0.1, 0.15) is 5.56 Å². The van der Waals surface area contributed by atoms with Crippen molar-refractivity contribution in [3.05, 3.63) is 35.6 Å². The lowest BCUT2D eigenvalue weighted by Gasteiger charge is -2.42. The summed E-state index contributed by atoms with van der Waals surface area (Å²) in [6.45, 7) is 1.84. The van der Waals surface area contributed by atoms with Crippen LogP contribution in [-0.2, 0) is 10.5 Å². The molecule has 0 spiro atoms. The van der Waals surface area contributed by atoms with Gasteiger partial charge < -0.3 is 14.3 Å². The number of nitrogens with zero attached hydrogens (tertiary/aromatic N) is 1. The Morgan fingerprint density at radius 1 is 1.31 bits per heavy atom. The lowest BCUT2D eigenvalue weighted by atomic mass is 10.0. The van der Waals surface area contributed by atoms with Gasteiger partial charge in [0.1, 0.15) is 18.9 Å². The molecule has 4 heteroatoms. The highest BCUT2D eigenvalue weighted by molar-refractivity contribution is 5.21. The summed E-state index contributed by atoms with van der Waals surface area (Å²) >= 11 is 0. The third kappa shape index (κ3) is 2.24. The second kappa shape index (κ2) is 3.80. The first-order valence-electron chi connectivity index (χ1n) is 5.36. The van der Waals surface area contributed by atoms with Crippen LogP contribution in [0.5, 0.6) is 0 Å². The average Bonchev–Trinajstić information content (AvgIpc) is 2.16. The Morgan fingerprint density at radius 3 is 2.50 bits per heavy atom. The molecule has 0 amide bonds. The van der Waals surface area contributed by atoms with Crippen molar-refractivity contribution in [2.75, 3.05) is 33.8 Å². The van der Waals surface area contributed by atoms with Gasteiger partial charge in [-0.1, -0.05) is 12.1 Å². The first-order valence-corrected chi connectivity index (χ1v) is 5.36. The van der Waals surface area contributed by atoms with Gasteiger partial charge in [-0.3, -0.25) is 0 Å². The van der Waals surface area contributed by atoms with Gasteiger partial charge >= 0.3 is 0 Å². The number of rotatable bonds is 1. The molecule has 1 N–H and O–H groups in total. The summed E-state index contributed by atoms with van der Waals surface area (Å²) in [5, 5.41) is 10.4. The quantitative estimate of drug-likeness (QED) is 0.726. The number of ether oxygens (including phenoxy) is 1. The molecule has 0 radical (unpaired) electrons. The van der Waals surface area contributed by atoms with Crippen LogP contribution in [0.15, 0.2) is 24.3 Å². The molecule has 0 bridgehead atoms. The van der Waals surface area contributed by atoms with Crippen LogP contribution in [0.3, 0.4) is 0 Å². The van der Waals surface area contributed by atoms with Gasteiger partial charge in [0.05, 0.1) is 20.7 Å². The lowest BCUT2D eigenvalue weighted by molar-refractivity contribution is -0.912. The molecule has 2 rings (SSSR count). The summed E-state index contributed by atoms with van der Waals surface area (Å²) in [5.74, 6) is -1.60. The Kier molecular flexibility index (Phi) is 2.74. The molecule has 1 saturated heterocycles. The number of benzene rings is 1. The Bertz CT molecular complexity index is 377. The summed E-state index contributed by atoms with van der Waals surface area (Å²) in [6.07, 6.45) is 0. The number of morpholine rings is 1. The van der Waals surface area contributed by atoms with E-state index in [-0.39, 0.29) is 5.82 Å². The summed E-state index contributed by atoms with van der Waals surface area (Å²) < 4.78 is 18.9. The second-order valence-electron chi connectivity index (χ2n) is 4.96. The fraction of sp³-hybridized carbons (Fsp3) is 0.500. The van der Waals surface area contributed by atoms with Gasteiger partial charge in [0.25, 0.3) is 0 Å². The number of hydrogen-bond acceptors (Lipinski definition) is 2. The summed E-state index contributed by atoms with van der Waals surface area (Å²) in [5.41, 5.74) is 0.611. The fourth-order valence-electron chi connectivity index (χ4n) is 2.05. The van der Waals surface area contributed by atoms with Crippen molar-refractivity contribution in [1.82, 2.24) is 0 Å². The topological polar surface area (TPSA) is 29.5 Å². The molecule has 1 unspecified atom stereocenters. The number of halogens is 1. The van der Waals surface area contributed by atoms with Crippen molar-refractivity contribution in [1.29, 1.82) is 0 Å². The molecule has 1 heterocycles. The zero-order valence-corrected chi connectivity index (χ0v) is 9.61. The maximum absolute atomic E-state index is 12.8. The molecule has 0 saturated carbocycles. The third-order valence-corrected chi connectivity index (χ3v) is 2.98. The SMILES string of the molecule is C[N+]1(C)CCOC(O)(c2ccc(F)cc2)C1. The summed E-state index contributed by atoms with van der Waals surface area (Å²) in [7, 11) is 4.08. The third-order valence-electron chi connectivity index (χ3n) is 2.98. The van der Waals surface area contributed by atoms with Gasteiger partial charge in [-0.2, -0.15) is 0 Å². The van der Waals surface area contributed by atoms with E-state index in [0.29, 0.717) is 23.2 Å². The fourth-order valence-corrected chi connectivity index (χ4v) is 2.05. The molecule has 16 heavy (non-hydrogen) atoms. The lowest BCUT2D eigenvalue weighted by Crippen LogP contribution is -2.57. The van der Waals surface area contributed by atoms with Gasteiger partial charge in [0.2, 0.25) is 5.79 Å². The summed E-state index contributed by atoms with van der Waals surface area (Å²) in [6, 6.07) is 5.82. The van der Waals surface area contributed by atoms with Crippen molar-refractivity contribution in [2.24, 2.45) is 0 Å². The number of quaternary nitrogens is 1. The highest BCUT2D eigenvalue weighted by Gasteiger charge is 2.42. The predicted octanol–water partition coefficient (Wildman–Crippen LogP) is 1.08. The molecule has 0 aromatic heterocycles. The summed E-state index contributed by atoms with van der Waals surface area (Å²) in [4.78, 5) is 0. The van der Waals surface area contributed by atoms with Gasteiger partial charge in [-0.25, -0.2) is 4.39 Å². The number of aliphatic hydroxyl groups is 1. The smallest absolute Gasteiger partial charge is 0.243 e. The van der Waals surface area contributed by atoms with E-state index in [1.807, 2.05) is 14.1 Å². The normalized spacial score (nSPS) is 29.0. The van der Waals surface area contributed by atoms with Crippen LogP contribution in [-0.4, -0.2) is 43.4 Å². The van der Waals surface area contributed by atoms with E-state index in [1.54, 1.807) is 12.1 Å². The molecular weight excluding hydrogens is 209 g/mol. The van der Waals surface area contributed by atoms with Crippen LogP contribution < -0.4 is 0 Å². The van der Waals surface area contributed by atoms with Crippen molar-refractivity contribution >= 4 is 0 Å². The minimum absolute atomic E-state index is 0.308. The maximum atomic E-state index is 12.8. The van der Waals surface area contributed by atoms with E-state index < -0.39 is 5.79 Å². The van der Waals surface area contributed by atoms with Gasteiger partial charge in [0, 0.05) is 5.56 Å². The standard InChI is InChI=1S/C12H17FNO2/c1-14(2)7-8-16-12(15,9-14)10-3-5-11(13)6-4-10/h3-6,15H,7-9H2,1-2H3/q+1. The van der Waals surface area contributed by atoms with Crippen molar-refractivity contribution in [3.8, 4) is 0 Å². The van der Waals surface area contributed by atoms with Crippen LogP contribution in [0.4, 0.5) is 4.39 Å². The van der Waals surface area contributed by atoms with Crippen molar-refractivity contribution in [2.45, 2.75) is 5.79 Å². The van der Waals surface area contributed by atoms with E-state index in [1.165, 1.54) is 12.1 Å². The molecule has 1 aromatic carbocycles. The molecular formula is C12H17FNO2+. The minimum atomic E-state index is -1.30. The highest BCUT2D eigenvalue weighted by atomic mass is 19.1. The average molecular weight is 226 g/mol. The Hall–Kier alpha value is -0.970. The highest BCUT2D eigenvalue weighted by Crippen LogP contribution is 2.29. The first-order chi connectivity index (χ1) is 7.41. The molecule has 1 aliphatic heterocycles. The molecule has 1 atom stereocenters. The van der Waals surface area contributed by atoms with Crippen molar-refractivity contribution < 1.29 is 18.7 Å². The van der Waals surface area contributed by atoms with Crippen LogP contribution in [0, 0.1) is 5.82 Å². The van der Waals surface area contributed by atoms with E-state index in [0.717, 1.165) is 6.54 Å². The molecule has 1 fully saturated rings. The molecule has 0 aliphatic carbocycles. The van der Waals surface area contributed by atoms with Crippen molar-refractivity contribution in [3.63, 3.8) is 0 Å². The molecule has 1 aliphatic rings.